The van der Waals surface area contributed by atoms with Gasteiger partial charge >= 0.3 is 11.9 Å². The Morgan fingerprint density at radius 1 is 0.833 bits per heavy atom. The minimum absolute atomic E-state index is 0.197. The van der Waals surface area contributed by atoms with Gasteiger partial charge in [-0.05, 0) is 26.7 Å². The highest BCUT2D eigenvalue weighted by atomic mass is 35.5. The van der Waals surface area contributed by atoms with Crippen LogP contribution in [0.1, 0.15) is 26.7 Å². The van der Waals surface area contributed by atoms with Crippen molar-refractivity contribution in [1.29, 1.82) is 0 Å². The molecule has 0 aromatic heterocycles. The quantitative estimate of drug-likeness (QED) is 0.423. The molecule has 0 saturated carbocycles. The van der Waals surface area contributed by atoms with Crippen molar-refractivity contribution in [2.75, 3.05) is 0 Å². The molecule has 4 nitrogen and oxygen atoms in total. The van der Waals surface area contributed by atoms with Crippen LogP contribution in [0.2, 0.25) is 0 Å². The third-order valence-corrected chi connectivity index (χ3v) is 2.85. The van der Waals surface area contributed by atoms with E-state index in [0.29, 0.717) is 0 Å². The lowest BCUT2D eigenvalue weighted by Gasteiger charge is -2.11. The first-order valence-corrected chi connectivity index (χ1v) is 6.97. The van der Waals surface area contributed by atoms with Gasteiger partial charge in [-0.15, -0.1) is 46.4 Å². The highest BCUT2D eigenvalue weighted by molar-refractivity contribution is 6.31. The Labute approximate surface area is 126 Å². The summed E-state index contributed by atoms with van der Waals surface area (Å²) in [7, 11) is 0. The van der Waals surface area contributed by atoms with Crippen molar-refractivity contribution < 1.29 is 19.4 Å². The molecular weight excluding hydrogens is 326 g/mol. The molecule has 0 amide bonds. The first kappa shape index (κ1) is 18.1. The summed E-state index contributed by atoms with van der Waals surface area (Å²) in [4.78, 5) is 31.1. The van der Waals surface area contributed by atoms with E-state index >= 15 is 0 Å². The van der Waals surface area contributed by atoms with Gasteiger partial charge in [0.1, 0.15) is 10.8 Å². The molecule has 0 fully saturated rings. The van der Waals surface area contributed by atoms with Crippen molar-refractivity contribution >= 4 is 58.3 Å². The van der Waals surface area contributed by atoms with Crippen molar-refractivity contribution in [3.05, 3.63) is 0 Å². The minimum Gasteiger partial charge on any atom is -0.246 e. The Kier molecular flexibility index (Phi) is 9.13. The predicted octanol–water partition coefficient (Wildman–Crippen LogP) is 3.24. The van der Waals surface area contributed by atoms with Gasteiger partial charge in [0.25, 0.3) is 0 Å². The summed E-state index contributed by atoms with van der Waals surface area (Å²) in [6, 6.07) is 0. The number of carbonyl (C=O) groups excluding carboxylic acids is 2. The molecule has 4 atom stereocenters. The molecular formula is C10H14Cl4O4. The van der Waals surface area contributed by atoms with Gasteiger partial charge < -0.3 is 0 Å². The van der Waals surface area contributed by atoms with Crippen LogP contribution in [-0.2, 0) is 19.4 Å². The van der Waals surface area contributed by atoms with Crippen LogP contribution in [-0.4, -0.2) is 33.4 Å². The first-order chi connectivity index (χ1) is 8.23. The molecule has 0 aromatic rings. The summed E-state index contributed by atoms with van der Waals surface area (Å²) in [5, 5.41) is -2.56. The van der Waals surface area contributed by atoms with E-state index in [4.69, 9.17) is 46.4 Å². The zero-order valence-corrected chi connectivity index (χ0v) is 12.9. The van der Waals surface area contributed by atoms with E-state index < -0.39 is 22.7 Å². The molecule has 0 aliphatic heterocycles. The largest absolute Gasteiger partial charge is 0.373 e. The topological polar surface area (TPSA) is 52.6 Å². The fourth-order valence-corrected chi connectivity index (χ4v) is 2.10. The number of rotatable bonds is 6. The van der Waals surface area contributed by atoms with Crippen molar-refractivity contribution in [1.82, 2.24) is 0 Å². The zero-order chi connectivity index (χ0) is 14.3. The van der Waals surface area contributed by atoms with Gasteiger partial charge in [0.15, 0.2) is 0 Å². The van der Waals surface area contributed by atoms with Crippen LogP contribution in [0.4, 0.5) is 0 Å². The number of halogens is 4. The second kappa shape index (κ2) is 9.08. The van der Waals surface area contributed by atoms with Gasteiger partial charge in [-0.3, -0.25) is 0 Å². The fourth-order valence-electron chi connectivity index (χ4n) is 0.949. The van der Waals surface area contributed by atoms with Crippen LogP contribution in [0.5, 0.6) is 0 Å². The molecule has 0 aliphatic carbocycles. The number of hydrogen-bond acceptors (Lipinski definition) is 4. The smallest absolute Gasteiger partial charge is 0.246 e. The molecule has 0 aromatic carbocycles. The second-order valence-corrected chi connectivity index (χ2v) is 6.32. The van der Waals surface area contributed by atoms with E-state index in [0.717, 1.165) is 0 Å². The summed E-state index contributed by atoms with van der Waals surface area (Å²) in [6.45, 7) is 3.35. The van der Waals surface area contributed by atoms with Crippen LogP contribution >= 0.6 is 46.4 Å². The molecule has 18 heavy (non-hydrogen) atoms. The summed E-state index contributed by atoms with van der Waals surface area (Å²) in [5.41, 5.74) is 0. The molecule has 4 unspecified atom stereocenters. The molecule has 106 valence electrons. The SMILES string of the molecule is CC(Cl)CC(Cl)C(=O)OOC(=O)C(Cl)CC(C)Cl. The summed E-state index contributed by atoms with van der Waals surface area (Å²) < 4.78 is 0. The third kappa shape index (κ3) is 8.25. The van der Waals surface area contributed by atoms with Crippen LogP contribution in [0.25, 0.3) is 0 Å². The minimum atomic E-state index is -0.981. The van der Waals surface area contributed by atoms with E-state index in [1.54, 1.807) is 13.8 Å². The fraction of sp³-hybridized carbons (Fsp3) is 0.800. The van der Waals surface area contributed by atoms with E-state index in [2.05, 4.69) is 9.78 Å². The monoisotopic (exact) mass is 338 g/mol. The van der Waals surface area contributed by atoms with E-state index in [9.17, 15) is 9.59 Å². The normalized spacial score (nSPS) is 17.4. The number of carbonyl (C=O) groups is 2. The van der Waals surface area contributed by atoms with Crippen LogP contribution in [0, 0.1) is 0 Å². The molecule has 0 spiro atoms. The van der Waals surface area contributed by atoms with E-state index in [1.807, 2.05) is 0 Å². The zero-order valence-electron chi connectivity index (χ0n) is 9.87. The van der Waals surface area contributed by atoms with Crippen molar-refractivity contribution in [2.24, 2.45) is 0 Å². The Bertz CT molecular complexity index is 255. The molecule has 0 radical (unpaired) electrons. The van der Waals surface area contributed by atoms with Crippen molar-refractivity contribution in [3.63, 3.8) is 0 Å². The summed E-state index contributed by atoms with van der Waals surface area (Å²) in [6.07, 6.45) is 0.394. The molecule has 0 bridgehead atoms. The highest BCUT2D eigenvalue weighted by Gasteiger charge is 2.25. The predicted molar refractivity (Wildman–Crippen MR) is 71.3 cm³/mol. The Morgan fingerprint density at radius 2 is 1.11 bits per heavy atom. The van der Waals surface area contributed by atoms with Gasteiger partial charge in [0.2, 0.25) is 0 Å². The van der Waals surface area contributed by atoms with Gasteiger partial charge in [0.05, 0.1) is 0 Å². The Hall–Kier alpha value is 0.1000. The summed E-state index contributed by atoms with van der Waals surface area (Å²) >= 11 is 22.6. The lowest BCUT2D eigenvalue weighted by atomic mass is 10.2. The molecule has 0 saturated heterocycles. The standard InChI is InChI=1S/C10H14Cl4O4/c1-5(11)3-7(13)9(15)17-18-10(16)8(14)4-6(2)12/h5-8H,3-4H2,1-2H3. The Morgan fingerprint density at radius 3 is 1.33 bits per heavy atom. The van der Waals surface area contributed by atoms with Gasteiger partial charge in [0, 0.05) is 10.8 Å². The van der Waals surface area contributed by atoms with Crippen molar-refractivity contribution in [3.8, 4) is 0 Å². The van der Waals surface area contributed by atoms with Gasteiger partial charge in [-0.1, -0.05) is 0 Å². The third-order valence-electron chi connectivity index (χ3n) is 1.78. The molecule has 0 rings (SSSR count). The average Bonchev–Trinajstić information content (AvgIpc) is 2.23. The maximum atomic E-state index is 11.3. The Balaban J connectivity index is 4.01. The van der Waals surface area contributed by atoms with Gasteiger partial charge in [-0.25, -0.2) is 19.4 Å². The molecule has 8 heteroatoms. The number of hydrogen-bond donors (Lipinski definition) is 0. The van der Waals surface area contributed by atoms with Crippen molar-refractivity contribution in [2.45, 2.75) is 48.2 Å². The number of alkyl halides is 4. The highest BCUT2D eigenvalue weighted by Crippen LogP contribution is 2.14. The van der Waals surface area contributed by atoms with E-state index in [-0.39, 0.29) is 23.6 Å². The maximum Gasteiger partial charge on any atom is 0.373 e. The lowest BCUT2D eigenvalue weighted by molar-refractivity contribution is -0.258. The van der Waals surface area contributed by atoms with Crippen LogP contribution in [0.3, 0.4) is 0 Å². The summed E-state index contributed by atoms with van der Waals surface area (Å²) in [5.74, 6) is -1.78. The lowest BCUT2D eigenvalue weighted by Crippen LogP contribution is -2.26. The van der Waals surface area contributed by atoms with Crippen LogP contribution in [0.15, 0.2) is 0 Å². The van der Waals surface area contributed by atoms with Gasteiger partial charge in [-0.2, -0.15) is 0 Å². The molecule has 0 N–H and O–H groups in total. The average molecular weight is 340 g/mol. The van der Waals surface area contributed by atoms with Crippen LogP contribution < -0.4 is 0 Å². The molecule has 0 aliphatic rings. The molecule has 0 heterocycles. The maximum absolute atomic E-state index is 11.3. The second-order valence-electron chi connectivity index (χ2n) is 3.77. The van der Waals surface area contributed by atoms with E-state index in [1.165, 1.54) is 0 Å². The first-order valence-electron chi connectivity index (χ1n) is 5.22.